The third kappa shape index (κ3) is 1.86. The number of rotatable bonds is 2. The van der Waals surface area contributed by atoms with Gasteiger partial charge in [-0.1, -0.05) is 0 Å². The van der Waals surface area contributed by atoms with Crippen molar-refractivity contribution in [3.8, 4) is 5.75 Å². The molecule has 1 unspecified atom stereocenters. The monoisotopic (exact) mass is 233 g/mol. The predicted octanol–water partition coefficient (Wildman–Crippen LogP) is 1.98. The fourth-order valence-electron chi connectivity index (χ4n) is 2.18. The number of ether oxygens (including phenoxy) is 2. The molecule has 0 bridgehead atoms. The molecule has 1 aliphatic rings. The number of nitrogens with zero attached hydrogens (tertiary/aromatic N) is 3. The zero-order valence-corrected chi connectivity index (χ0v) is 9.80. The highest BCUT2D eigenvalue weighted by Gasteiger charge is 2.21. The van der Waals surface area contributed by atoms with Crippen LogP contribution in [0.1, 0.15) is 31.2 Å². The molecule has 0 amide bonds. The van der Waals surface area contributed by atoms with E-state index in [-0.39, 0.29) is 6.10 Å². The van der Waals surface area contributed by atoms with Crippen LogP contribution in [0, 0.1) is 0 Å². The van der Waals surface area contributed by atoms with Crippen molar-refractivity contribution in [3.63, 3.8) is 0 Å². The van der Waals surface area contributed by atoms with Crippen LogP contribution in [0.4, 0.5) is 0 Å². The summed E-state index contributed by atoms with van der Waals surface area (Å²) in [6.45, 7) is 0.815. The summed E-state index contributed by atoms with van der Waals surface area (Å²) in [5, 5.41) is 8.38. The van der Waals surface area contributed by atoms with Gasteiger partial charge in [0.2, 0.25) is 0 Å². The smallest absolute Gasteiger partial charge is 0.166 e. The molecule has 2 aromatic heterocycles. The molecule has 3 rings (SSSR count). The van der Waals surface area contributed by atoms with Gasteiger partial charge in [0.25, 0.3) is 0 Å². The first kappa shape index (κ1) is 10.5. The summed E-state index contributed by atoms with van der Waals surface area (Å²) in [6.07, 6.45) is 5.36. The quantitative estimate of drug-likeness (QED) is 0.795. The van der Waals surface area contributed by atoms with Crippen LogP contribution in [-0.2, 0) is 4.74 Å². The van der Waals surface area contributed by atoms with E-state index in [9.17, 15) is 0 Å². The fourth-order valence-corrected chi connectivity index (χ4v) is 2.18. The van der Waals surface area contributed by atoms with Gasteiger partial charge in [0, 0.05) is 18.9 Å². The Morgan fingerprint density at radius 2 is 2.35 bits per heavy atom. The summed E-state index contributed by atoms with van der Waals surface area (Å²) in [5.74, 6) is 1.68. The van der Waals surface area contributed by atoms with E-state index in [1.54, 1.807) is 7.11 Å². The summed E-state index contributed by atoms with van der Waals surface area (Å²) in [5.41, 5.74) is 0.800. The molecule has 0 radical (unpaired) electrons. The largest absolute Gasteiger partial charge is 0.497 e. The Morgan fingerprint density at radius 1 is 1.41 bits per heavy atom. The van der Waals surface area contributed by atoms with Crippen LogP contribution in [0.3, 0.4) is 0 Å². The second kappa shape index (κ2) is 4.33. The first-order valence-electron chi connectivity index (χ1n) is 5.89. The van der Waals surface area contributed by atoms with E-state index < -0.39 is 0 Å². The van der Waals surface area contributed by atoms with Gasteiger partial charge in [-0.2, -0.15) is 0 Å². The summed E-state index contributed by atoms with van der Waals surface area (Å²) < 4.78 is 12.9. The van der Waals surface area contributed by atoms with Gasteiger partial charge in [0.05, 0.1) is 7.11 Å². The maximum absolute atomic E-state index is 5.73. The topological polar surface area (TPSA) is 48.7 Å². The van der Waals surface area contributed by atoms with Crippen LogP contribution in [-0.4, -0.2) is 28.3 Å². The first-order valence-corrected chi connectivity index (χ1v) is 5.89. The molecule has 0 aromatic carbocycles. The van der Waals surface area contributed by atoms with Crippen molar-refractivity contribution in [1.82, 2.24) is 14.6 Å². The lowest BCUT2D eigenvalue weighted by Crippen LogP contribution is -2.14. The number of hydrogen-bond acceptors (Lipinski definition) is 4. The molecule has 1 atom stereocenters. The third-order valence-corrected chi connectivity index (χ3v) is 3.11. The van der Waals surface area contributed by atoms with E-state index in [0.717, 1.165) is 36.7 Å². The molecular formula is C12H15N3O2. The summed E-state index contributed by atoms with van der Waals surface area (Å²) in [7, 11) is 1.65. The molecule has 5 nitrogen and oxygen atoms in total. The van der Waals surface area contributed by atoms with Gasteiger partial charge >= 0.3 is 0 Å². The van der Waals surface area contributed by atoms with E-state index in [4.69, 9.17) is 9.47 Å². The number of aromatic nitrogens is 3. The Bertz CT molecular complexity index is 517. The Labute approximate surface area is 99.4 Å². The van der Waals surface area contributed by atoms with Crippen molar-refractivity contribution in [3.05, 3.63) is 24.2 Å². The Hall–Kier alpha value is -1.62. The highest BCUT2D eigenvalue weighted by atomic mass is 16.5. The molecule has 1 saturated heterocycles. The molecule has 0 N–H and O–H groups in total. The molecule has 90 valence electrons. The Morgan fingerprint density at radius 3 is 3.12 bits per heavy atom. The fraction of sp³-hybridized carbons (Fsp3) is 0.500. The van der Waals surface area contributed by atoms with Crippen molar-refractivity contribution < 1.29 is 9.47 Å². The SMILES string of the molecule is COc1ccn2c(C3CCCCO3)nnc2c1. The van der Waals surface area contributed by atoms with Gasteiger partial charge in [-0.15, -0.1) is 10.2 Å². The van der Waals surface area contributed by atoms with Crippen LogP contribution in [0.25, 0.3) is 5.65 Å². The molecule has 1 aliphatic heterocycles. The van der Waals surface area contributed by atoms with Crippen molar-refractivity contribution in [2.75, 3.05) is 13.7 Å². The normalized spacial score (nSPS) is 20.6. The number of fused-ring (bicyclic) bond motifs is 1. The predicted molar refractivity (Wildman–Crippen MR) is 62.1 cm³/mol. The molecule has 0 spiro atoms. The van der Waals surface area contributed by atoms with Crippen LogP contribution in [0.2, 0.25) is 0 Å². The van der Waals surface area contributed by atoms with E-state index >= 15 is 0 Å². The van der Waals surface area contributed by atoms with Crippen LogP contribution in [0.15, 0.2) is 18.3 Å². The van der Waals surface area contributed by atoms with Gasteiger partial charge in [-0.25, -0.2) is 0 Å². The molecule has 0 aliphatic carbocycles. The molecule has 1 fully saturated rings. The average Bonchev–Trinajstić information content (AvgIpc) is 2.82. The van der Waals surface area contributed by atoms with Crippen molar-refractivity contribution >= 4 is 5.65 Å². The van der Waals surface area contributed by atoms with Gasteiger partial charge in [0.1, 0.15) is 11.9 Å². The molecule has 5 heteroatoms. The minimum absolute atomic E-state index is 0.0761. The van der Waals surface area contributed by atoms with E-state index in [1.165, 1.54) is 6.42 Å². The third-order valence-electron chi connectivity index (χ3n) is 3.11. The van der Waals surface area contributed by atoms with Crippen LogP contribution < -0.4 is 4.74 Å². The Balaban J connectivity index is 1.99. The van der Waals surface area contributed by atoms with E-state index in [1.807, 2.05) is 22.7 Å². The van der Waals surface area contributed by atoms with Crippen molar-refractivity contribution in [2.24, 2.45) is 0 Å². The number of methoxy groups -OCH3 is 1. The van der Waals surface area contributed by atoms with Gasteiger partial charge in [-0.05, 0) is 25.3 Å². The second-order valence-corrected chi connectivity index (χ2v) is 4.21. The summed E-state index contributed by atoms with van der Waals surface area (Å²) in [4.78, 5) is 0. The highest BCUT2D eigenvalue weighted by Crippen LogP contribution is 2.27. The van der Waals surface area contributed by atoms with E-state index in [0.29, 0.717) is 0 Å². The average molecular weight is 233 g/mol. The van der Waals surface area contributed by atoms with Gasteiger partial charge < -0.3 is 9.47 Å². The molecular weight excluding hydrogens is 218 g/mol. The zero-order valence-electron chi connectivity index (χ0n) is 9.80. The minimum Gasteiger partial charge on any atom is -0.497 e. The van der Waals surface area contributed by atoms with Crippen LogP contribution in [0.5, 0.6) is 5.75 Å². The maximum atomic E-state index is 5.73. The van der Waals surface area contributed by atoms with Gasteiger partial charge in [-0.3, -0.25) is 4.40 Å². The number of hydrogen-bond donors (Lipinski definition) is 0. The second-order valence-electron chi connectivity index (χ2n) is 4.21. The minimum atomic E-state index is 0.0761. The summed E-state index contributed by atoms with van der Waals surface area (Å²) in [6, 6.07) is 3.78. The standard InChI is InChI=1S/C12H15N3O2/c1-16-9-5-6-15-11(8-9)13-14-12(15)10-4-2-3-7-17-10/h5-6,8,10H,2-4,7H2,1H3. The lowest BCUT2D eigenvalue weighted by molar-refractivity contribution is 0.00885. The maximum Gasteiger partial charge on any atom is 0.166 e. The van der Waals surface area contributed by atoms with E-state index in [2.05, 4.69) is 10.2 Å². The highest BCUT2D eigenvalue weighted by molar-refractivity contribution is 5.44. The van der Waals surface area contributed by atoms with Gasteiger partial charge in [0.15, 0.2) is 11.5 Å². The lowest BCUT2D eigenvalue weighted by Gasteiger charge is -2.20. The van der Waals surface area contributed by atoms with Crippen LogP contribution >= 0.6 is 0 Å². The first-order chi connectivity index (χ1) is 8.38. The molecule has 17 heavy (non-hydrogen) atoms. The lowest BCUT2D eigenvalue weighted by atomic mass is 10.1. The Kier molecular flexibility index (Phi) is 2.68. The zero-order chi connectivity index (χ0) is 11.7. The van der Waals surface area contributed by atoms with Crippen molar-refractivity contribution in [2.45, 2.75) is 25.4 Å². The molecule has 3 heterocycles. The van der Waals surface area contributed by atoms with Crippen molar-refractivity contribution in [1.29, 1.82) is 0 Å². The molecule has 0 saturated carbocycles. The summed E-state index contributed by atoms with van der Waals surface area (Å²) >= 11 is 0. The number of pyridine rings is 1. The molecule has 2 aromatic rings.